The highest BCUT2D eigenvalue weighted by Crippen LogP contribution is 2.48. The molecule has 4 rings (SSSR count). The molecule has 0 N–H and O–H groups in total. The lowest BCUT2D eigenvalue weighted by molar-refractivity contribution is -0.150. The number of halogens is 1. The summed E-state index contributed by atoms with van der Waals surface area (Å²) in [5, 5.41) is 0.399. The molecule has 3 heterocycles. The second kappa shape index (κ2) is 5.89. The molecule has 2 aromatic rings. The molecule has 2 saturated heterocycles. The molecule has 2 unspecified atom stereocenters. The number of sulfone groups is 1. The van der Waals surface area contributed by atoms with Crippen molar-refractivity contribution in [2.24, 2.45) is 5.92 Å². The zero-order valence-electron chi connectivity index (χ0n) is 13.6. The quantitative estimate of drug-likeness (QED) is 0.744. The Hall–Kier alpha value is -2.25. The Morgan fingerprint density at radius 2 is 1.77 bits per heavy atom. The summed E-state index contributed by atoms with van der Waals surface area (Å²) < 4.78 is 26.4. The van der Waals surface area contributed by atoms with E-state index < -0.39 is 26.4 Å². The van der Waals surface area contributed by atoms with Gasteiger partial charge in [0.25, 0.3) is 0 Å². The van der Waals surface area contributed by atoms with Crippen LogP contribution in [0.25, 0.3) is 0 Å². The monoisotopic (exact) mass is 390 g/mol. The van der Waals surface area contributed by atoms with Crippen LogP contribution in [0.4, 0.5) is 0 Å². The van der Waals surface area contributed by atoms with Gasteiger partial charge in [-0.15, -0.1) is 0 Å². The Bertz CT molecular complexity index is 992. The fourth-order valence-corrected chi connectivity index (χ4v) is 5.96. The molecule has 2 aliphatic heterocycles. The van der Waals surface area contributed by atoms with E-state index in [1.807, 2.05) is 0 Å². The lowest BCUT2D eigenvalue weighted by atomic mass is 9.93. The van der Waals surface area contributed by atoms with Crippen LogP contribution in [0, 0.1) is 5.92 Å². The van der Waals surface area contributed by atoms with Gasteiger partial charge in [0.05, 0.1) is 11.3 Å². The Morgan fingerprint density at radius 1 is 1.12 bits per heavy atom. The Balaban J connectivity index is 1.71. The molecule has 1 aromatic carbocycles. The van der Waals surface area contributed by atoms with Crippen molar-refractivity contribution in [3.8, 4) is 0 Å². The molecule has 2 fully saturated rings. The zero-order chi connectivity index (χ0) is 18.5. The van der Waals surface area contributed by atoms with Crippen LogP contribution in [0.15, 0.2) is 53.7 Å². The van der Waals surface area contributed by atoms with Gasteiger partial charge in [0.2, 0.25) is 20.6 Å². The summed E-state index contributed by atoms with van der Waals surface area (Å²) in [7, 11) is -4.04. The lowest BCUT2D eigenvalue weighted by Gasteiger charge is -2.44. The zero-order valence-corrected chi connectivity index (χ0v) is 15.2. The van der Waals surface area contributed by atoms with Crippen LogP contribution in [-0.4, -0.2) is 41.4 Å². The molecule has 2 atom stereocenters. The Morgan fingerprint density at radius 3 is 2.38 bits per heavy atom. The first-order valence-electron chi connectivity index (χ1n) is 8.10. The van der Waals surface area contributed by atoms with E-state index in [9.17, 15) is 18.0 Å². The predicted octanol–water partition coefficient (Wildman–Crippen LogP) is 1.88. The third-order valence-corrected chi connectivity index (χ3v) is 7.69. The summed E-state index contributed by atoms with van der Waals surface area (Å²) in [6, 6.07) is 9.23. The van der Waals surface area contributed by atoms with Gasteiger partial charge in [-0.3, -0.25) is 14.6 Å². The van der Waals surface area contributed by atoms with Crippen molar-refractivity contribution >= 4 is 33.1 Å². The van der Waals surface area contributed by atoms with E-state index in [-0.39, 0.29) is 23.8 Å². The minimum Gasteiger partial charge on any atom is -0.315 e. The molecule has 6 nitrogen and oxygen atoms in total. The van der Waals surface area contributed by atoms with Crippen molar-refractivity contribution in [3.05, 3.63) is 59.4 Å². The molecule has 0 bridgehead atoms. The van der Waals surface area contributed by atoms with E-state index in [4.69, 9.17) is 11.6 Å². The average Bonchev–Trinajstić information content (AvgIpc) is 2.85. The minimum absolute atomic E-state index is 0.00249. The van der Waals surface area contributed by atoms with Gasteiger partial charge < -0.3 is 4.90 Å². The minimum atomic E-state index is -4.04. The third kappa shape index (κ3) is 2.30. The molecule has 1 aromatic heterocycles. The first kappa shape index (κ1) is 17.2. The van der Waals surface area contributed by atoms with Crippen LogP contribution in [0.3, 0.4) is 0 Å². The second-order valence-electron chi connectivity index (χ2n) is 6.54. The number of pyridine rings is 1. The van der Waals surface area contributed by atoms with Crippen molar-refractivity contribution in [1.82, 2.24) is 9.88 Å². The number of ketones is 1. The van der Waals surface area contributed by atoms with E-state index in [1.54, 1.807) is 24.5 Å². The van der Waals surface area contributed by atoms with Gasteiger partial charge in [-0.2, -0.15) is 0 Å². The maximum absolute atomic E-state index is 13.2. The number of aromatic nitrogens is 1. The van der Waals surface area contributed by atoms with Gasteiger partial charge in [-0.25, -0.2) is 8.42 Å². The number of hydrogen-bond donors (Lipinski definition) is 0. The maximum Gasteiger partial charge on any atom is 0.228 e. The predicted molar refractivity (Wildman–Crippen MR) is 94.1 cm³/mol. The average molecular weight is 391 g/mol. The van der Waals surface area contributed by atoms with Crippen LogP contribution < -0.4 is 0 Å². The molecular formula is C18H15ClN2O4S. The maximum atomic E-state index is 13.2. The fraction of sp³-hybridized carbons (Fsp3) is 0.278. The summed E-state index contributed by atoms with van der Waals surface area (Å²) in [5.41, 5.74) is 0.882. The van der Waals surface area contributed by atoms with Crippen molar-refractivity contribution in [3.63, 3.8) is 0 Å². The van der Waals surface area contributed by atoms with Crippen molar-refractivity contribution in [1.29, 1.82) is 0 Å². The number of rotatable bonds is 4. The number of carbonyl (C=O) groups is 2. The fourth-order valence-electron chi connectivity index (χ4n) is 3.74. The highest BCUT2D eigenvalue weighted by molar-refractivity contribution is 7.93. The van der Waals surface area contributed by atoms with Crippen LogP contribution in [0.1, 0.15) is 12.0 Å². The summed E-state index contributed by atoms with van der Waals surface area (Å²) in [6.07, 6.45) is 3.32. The van der Waals surface area contributed by atoms with Gasteiger partial charge >= 0.3 is 0 Å². The van der Waals surface area contributed by atoms with Gasteiger partial charge in [0.1, 0.15) is 0 Å². The molecule has 8 heteroatoms. The van der Waals surface area contributed by atoms with Crippen molar-refractivity contribution < 1.29 is 18.0 Å². The number of nitrogens with zero attached hydrogens (tertiary/aromatic N) is 2. The van der Waals surface area contributed by atoms with E-state index in [0.717, 1.165) is 5.56 Å². The Kier molecular flexibility index (Phi) is 3.89. The summed E-state index contributed by atoms with van der Waals surface area (Å²) in [5.74, 6) is -1.28. The van der Waals surface area contributed by atoms with Crippen molar-refractivity contribution in [2.45, 2.75) is 22.6 Å². The third-order valence-electron chi connectivity index (χ3n) is 5.09. The smallest absolute Gasteiger partial charge is 0.228 e. The van der Waals surface area contributed by atoms with Crippen LogP contribution in [0.2, 0.25) is 5.02 Å². The number of carbonyl (C=O) groups excluding carboxylic acids is 2. The lowest BCUT2D eigenvalue weighted by Crippen LogP contribution is -2.67. The highest BCUT2D eigenvalue weighted by Gasteiger charge is 2.70. The number of benzene rings is 1. The summed E-state index contributed by atoms with van der Waals surface area (Å²) >= 11 is 5.83. The Labute approximate surface area is 155 Å². The van der Waals surface area contributed by atoms with E-state index >= 15 is 0 Å². The van der Waals surface area contributed by atoms with E-state index in [1.165, 1.54) is 29.2 Å². The molecule has 0 radical (unpaired) electrons. The summed E-state index contributed by atoms with van der Waals surface area (Å²) in [4.78, 5) is 28.5. The molecule has 134 valence electrons. The number of hydrogen-bond acceptors (Lipinski definition) is 5. The second-order valence-corrected chi connectivity index (χ2v) is 9.13. The standard InChI is InChI=1S/C18H15ClN2O4S/c19-14-1-3-15(4-2-14)26(24,25)18-10-16(22)21(18)11-13(17(18)23)9-12-5-7-20-8-6-12/h1-8,13H,9-11H2. The molecule has 1 amide bonds. The number of fused-ring (bicyclic) bond motifs is 1. The molecular weight excluding hydrogens is 376 g/mol. The first-order chi connectivity index (χ1) is 12.4. The van der Waals surface area contributed by atoms with E-state index in [0.29, 0.717) is 11.4 Å². The van der Waals surface area contributed by atoms with Crippen LogP contribution in [0.5, 0.6) is 0 Å². The largest absolute Gasteiger partial charge is 0.315 e. The normalized spacial score (nSPS) is 25.1. The number of β-lactam (4-membered cyclic amide) rings is 1. The molecule has 0 aliphatic carbocycles. The van der Waals surface area contributed by atoms with Gasteiger partial charge in [0, 0.05) is 29.9 Å². The van der Waals surface area contributed by atoms with Gasteiger partial charge in [0.15, 0.2) is 5.78 Å². The first-order valence-corrected chi connectivity index (χ1v) is 9.96. The molecule has 2 aliphatic rings. The highest BCUT2D eigenvalue weighted by atomic mass is 35.5. The number of Topliss-reactive ketones (excluding diaryl/α,β-unsaturated/α-hetero) is 1. The van der Waals surface area contributed by atoms with Crippen LogP contribution >= 0.6 is 11.6 Å². The summed E-state index contributed by atoms with van der Waals surface area (Å²) in [6.45, 7) is 0.118. The molecule has 26 heavy (non-hydrogen) atoms. The SMILES string of the molecule is O=C1CC2(S(=O)(=O)c3ccc(Cl)cc3)C(=O)C(Cc3ccncc3)CN12. The van der Waals surface area contributed by atoms with E-state index in [2.05, 4.69) is 4.98 Å². The topological polar surface area (TPSA) is 84.4 Å². The van der Waals surface area contributed by atoms with Crippen LogP contribution in [-0.2, 0) is 25.8 Å². The molecule has 0 spiro atoms. The van der Waals surface area contributed by atoms with Gasteiger partial charge in [-0.05, 0) is 48.4 Å². The molecule has 0 saturated carbocycles. The van der Waals surface area contributed by atoms with Gasteiger partial charge in [-0.1, -0.05) is 11.6 Å². The van der Waals surface area contributed by atoms with Crippen molar-refractivity contribution in [2.75, 3.05) is 6.54 Å². The number of amides is 1.